The molecular formula is C8H13N3O3S. The number of sulfonamides is 1. The highest BCUT2D eigenvalue weighted by Gasteiger charge is 2.26. The van der Waals surface area contributed by atoms with E-state index in [-0.39, 0.29) is 12.1 Å². The maximum Gasteiger partial charge on any atom is 0.271 e. The Morgan fingerprint density at radius 3 is 2.67 bits per heavy atom. The summed E-state index contributed by atoms with van der Waals surface area (Å²) in [4.78, 5) is 11.6. The molecule has 1 aromatic heterocycles. The van der Waals surface area contributed by atoms with Crippen LogP contribution in [0, 0.1) is 0 Å². The maximum absolute atomic E-state index is 11.6. The number of hydrogen-bond acceptors (Lipinski definition) is 3. The molecule has 0 saturated heterocycles. The van der Waals surface area contributed by atoms with Gasteiger partial charge in [0.15, 0.2) is 0 Å². The monoisotopic (exact) mass is 231 g/mol. The Hall–Kier alpha value is -1.08. The number of aromatic amines is 1. The molecule has 2 heterocycles. The zero-order chi connectivity index (χ0) is 11.2. The van der Waals surface area contributed by atoms with Crippen molar-refractivity contribution in [2.24, 2.45) is 7.05 Å². The zero-order valence-corrected chi connectivity index (χ0v) is 9.47. The number of fused-ring (bicyclic) bond motifs is 1. The molecule has 0 amide bonds. The summed E-state index contributed by atoms with van der Waals surface area (Å²) in [6.07, 6.45) is 1.73. The highest BCUT2D eigenvalue weighted by atomic mass is 32.2. The number of aromatic nitrogens is 2. The molecular weight excluding hydrogens is 218 g/mol. The number of nitrogens with zero attached hydrogens (tertiary/aromatic N) is 2. The zero-order valence-electron chi connectivity index (χ0n) is 8.65. The van der Waals surface area contributed by atoms with Crippen molar-refractivity contribution < 1.29 is 8.42 Å². The fraction of sp³-hybridized carbons (Fsp3) is 0.625. The second kappa shape index (κ2) is 3.21. The van der Waals surface area contributed by atoms with Crippen LogP contribution in [0.1, 0.15) is 11.3 Å². The summed E-state index contributed by atoms with van der Waals surface area (Å²) in [7, 11) is -1.57. The average Bonchev–Trinajstić information content (AvgIpc) is 2.41. The van der Waals surface area contributed by atoms with Gasteiger partial charge in [0.2, 0.25) is 10.0 Å². The van der Waals surface area contributed by atoms with Gasteiger partial charge >= 0.3 is 0 Å². The highest BCUT2D eigenvalue weighted by Crippen LogP contribution is 2.15. The van der Waals surface area contributed by atoms with E-state index in [0.717, 1.165) is 11.9 Å². The minimum absolute atomic E-state index is 0.140. The van der Waals surface area contributed by atoms with E-state index >= 15 is 0 Å². The van der Waals surface area contributed by atoms with Crippen LogP contribution in [0.2, 0.25) is 0 Å². The summed E-state index contributed by atoms with van der Waals surface area (Å²) >= 11 is 0. The third-order valence-corrected chi connectivity index (χ3v) is 3.89. The Morgan fingerprint density at radius 2 is 2.07 bits per heavy atom. The molecule has 0 bridgehead atoms. The SMILES string of the molecule is Cn1[nH]c2c(c1=O)CN(S(C)(=O)=O)CC2. The molecule has 1 aliphatic heterocycles. The lowest BCUT2D eigenvalue weighted by Gasteiger charge is -2.23. The lowest BCUT2D eigenvalue weighted by atomic mass is 10.1. The fourth-order valence-corrected chi connectivity index (χ4v) is 2.58. The first-order valence-electron chi connectivity index (χ1n) is 4.61. The van der Waals surface area contributed by atoms with Crippen molar-refractivity contribution in [1.82, 2.24) is 14.1 Å². The molecule has 0 fully saturated rings. The molecule has 1 aliphatic rings. The van der Waals surface area contributed by atoms with Crippen LogP contribution in [0.5, 0.6) is 0 Å². The van der Waals surface area contributed by atoms with E-state index in [1.54, 1.807) is 7.05 Å². The van der Waals surface area contributed by atoms with E-state index in [2.05, 4.69) is 5.10 Å². The summed E-state index contributed by atoms with van der Waals surface area (Å²) < 4.78 is 25.4. The van der Waals surface area contributed by atoms with Gasteiger partial charge in [-0.2, -0.15) is 4.31 Å². The van der Waals surface area contributed by atoms with Gasteiger partial charge < -0.3 is 0 Å². The molecule has 0 spiro atoms. The average molecular weight is 231 g/mol. The third-order valence-electron chi connectivity index (χ3n) is 2.64. The molecule has 0 saturated carbocycles. The highest BCUT2D eigenvalue weighted by molar-refractivity contribution is 7.88. The van der Waals surface area contributed by atoms with Crippen molar-refractivity contribution in [3.8, 4) is 0 Å². The smallest absolute Gasteiger partial charge is 0.271 e. The van der Waals surface area contributed by atoms with Gasteiger partial charge in [0, 0.05) is 32.3 Å². The minimum atomic E-state index is -3.20. The van der Waals surface area contributed by atoms with Crippen molar-refractivity contribution in [1.29, 1.82) is 0 Å². The summed E-state index contributed by atoms with van der Waals surface area (Å²) in [6.45, 7) is 0.621. The van der Waals surface area contributed by atoms with Gasteiger partial charge in [-0.05, 0) is 0 Å². The Bertz CT molecular complexity index is 540. The lowest BCUT2D eigenvalue weighted by molar-refractivity contribution is 0.392. The first-order valence-corrected chi connectivity index (χ1v) is 6.46. The number of nitrogens with one attached hydrogen (secondary N) is 1. The van der Waals surface area contributed by atoms with Gasteiger partial charge in [-0.25, -0.2) is 8.42 Å². The van der Waals surface area contributed by atoms with E-state index in [9.17, 15) is 13.2 Å². The predicted molar refractivity (Wildman–Crippen MR) is 55.0 cm³/mol. The predicted octanol–water partition coefficient (Wildman–Crippen LogP) is -0.969. The van der Waals surface area contributed by atoms with Gasteiger partial charge in [0.25, 0.3) is 5.56 Å². The molecule has 1 N–H and O–H groups in total. The Morgan fingerprint density at radius 1 is 1.40 bits per heavy atom. The second-order valence-corrected chi connectivity index (χ2v) is 5.76. The number of aryl methyl sites for hydroxylation is 1. The third kappa shape index (κ3) is 1.72. The summed E-state index contributed by atoms with van der Waals surface area (Å²) in [6, 6.07) is 0. The Labute approximate surface area is 87.5 Å². The maximum atomic E-state index is 11.6. The molecule has 6 nitrogen and oxygen atoms in total. The molecule has 0 unspecified atom stereocenters. The number of rotatable bonds is 1. The number of H-pyrrole nitrogens is 1. The van der Waals surface area contributed by atoms with Crippen LogP contribution in [-0.4, -0.2) is 35.3 Å². The van der Waals surface area contributed by atoms with Gasteiger partial charge in [-0.15, -0.1) is 0 Å². The van der Waals surface area contributed by atoms with Crippen LogP contribution >= 0.6 is 0 Å². The summed E-state index contributed by atoms with van der Waals surface area (Å²) in [5.41, 5.74) is 1.27. The van der Waals surface area contributed by atoms with E-state index in [0.29, 0.717) is 18.5 Å². The quantitative estimate of drug-likeness (QED) is 0.676. The van der Waals surface area contributed by atoms with Gasteiger partial charge in [-0.1, -0.05) is 0 Å². The second-order valence-electron chi connectivity index (χ2n) is 3.78. The van der Waals surface area contributed by atoms with Gasteiger partial charge in [0.1, 0.15) is 0 Å². The van der Waals surface area contributed by atoms with Crippen molar-refractivity contribution in [3.63, 3.8) is 0 Å². The first-order chi connectivity index (χ1) is 6.89. The van der Waals surface area contributed by atoms with Crippen LogP contribution in [0.15, 0.2) is 4.79 Å². The van der Waals surface area contributed by atoms with Crippen LogP contribution in [0.3, 0.4) is 0 Å². The fourth-order valence-electron chi connectivity index (χ4n) is 1.80. The normalized spacial score (nSPS) is 17.7. The van der Waals surface area contributed by atoms with Crippen LogP contribution in [-0.2, 0) is 30.0 Å². The molecule has 2 rings (SSSR count). The van der Waals surface area contributed by atoms with Gasteiger partial charge in [-0.3, -0.25) is 14.6 Å². The van der Waals surface area contributed by atoms with Crippen molar-refractivity contribution >= 4 is 10.0 Å². The molecule has 1 aromatic rings. The summed E-state index contributed by atoms with van der Waals surface area (Å²) in [5, 5.41) is 2.92. The molecule has 0 aliphatic carbocycles. The van der Waals surface area contributed by atoms with Crippen LogP contribution in [0.4, 0.5) is 0 Å². The van der Waals surface area contributed by atoms with E-state index in [1.807, 2.05) is 0 Å². The lowest BCUT2D eigenvalue weighted by Crippen LogP contribution is -2.36. The Balaban J connectivity index is 2.43. The van der Waals surface area contributed by atoms with E-state index in [1.165, 1.54) is 8.99 Å². The molecule has 0 aromatic carbocycles. The van der Waals surface area contributed by atoms with Crippen molar-refractivity contribution in [2.75, 3.05) is 12.8 Å². The van der Waals surface area contributed by atoms with Gasteiger partial charge in [0.05, 0.1) is 11.8 Å². The Kier molecular flexibility index (Phi) is 2.23. The van der Waals surface area contributed by atoms with Crippen molar-refractivity contribution in [3.05, 3.63) is 21.6 Å². The largest absolute Gasteiger partial charge is 0.300 e. The standard InChI is InChI=1S/C8H13N3O3S/c1-10-8(12)6-5-11(15(2,13)14)4-3-7(6)9-10/h9H,3-5H2,1-2H3. The molecule has 84 valence electrons. The molecule has 7 heteroatoms. The molecule has 0 radical (unpaired) electrons. The molecule has 0 atom stereocenters. The topological polar surface area (TPSA) is 75.2 Å². The van der Waals surface area contributed by atoms with E-state index in [4.69, 9.17) is 0 Å². The summed E-state index contributed by atoms with van der Waals surface area (Å²) in [5.74, 6) is 0. The molecule has 15 heavy (non-hydrogen) atoms. The van der Waals surface area contributed by atoms with Crippen LogP contribution < -0.4 is 5.56 Å². The van der Waals surface area contributed by atoms with Crippen molar-refractivity contribution in [2.45, 2.75) is 13.0 Å². The minimum Gasteiger partial charge on any atom is -0.300 e. The van der Waals surface area contributed by atoms with Crippen LogP contribution in [0.25, 0.3) is 0 Å². The number of hydrogen-bond donors (Lipinski definition) is 1. The first kappa shape index (κ1) is 10.4. The van der Waals surface area contributed by atoms with E-state index < -0.39 is 10.0 Å².